The molecule has 4 rings (SSSR count). The molecule has 2 heterocycles. The molecule has 0 spiro atoms. The van der Waals surface area contributed by atoms with Crippen LogP contribution in [0.15, 0.2) is 6.07 Å². The summed E-state index contributed by atoms with van der Waals surface area (Å²) in [6.45, 7) is 3.85. The molecule has 2 atom stereocenters. The largest absolute Gasteiger partial charge is 0.474 e. The number of carbonyl (C=O) groups excluding carboxylic acids is 2. The third-order valence-electron chi connectivity index (χ3n) is 5.76. The fourth-order valence-electron chi connectivity index (χ4n) is 3.94. The summed E-state index contributed by atoms with van der Waals surface area (Å²) < 4.78 is 6.02. The van der Waals surface area contributed by atoms with Crippen LogP contribution in [-0.4, -0.2) is 35.0 Å². The number of carbonyl (C=O) groups is 2. The molecule has 0 aromatic carbocycles. The molecule has 0 unspecified atom stereocenters. The summed E-state index contributed by atoms with van der Waals surface area (Å²) in [5.41, 5.74) is 2.27. The Morgan fingerprint density at radius 3 is 2.65 bits per heavy atom. The number of nitrogens with zero attached hydrogens (tertiary/aromatic N) is 1. The van der Waals surface area contributed by atoms with Crippen molar-refractivity contribution in [3.05, 3.63) is 22.9 Å². The molecule has 1 saturated heterocycles. The van der Waals surface area contributed by atoms with Gasteiger partial charge in [-0.05, 0) is 69.9 Å². The first kappa shape index (κ1) is 17.3. The van der Waals surface area contributed by atoms with Gasteiger partial charge in [-0.3, -0.25) is 9.59 Å². The van der Waals surface area contributed by atoms with Gasteiger partial charge in [-0.25, -0.2) is 4.98 Å². The molecule has 1 aromatic rings. The normalized spacial score (nSPS) is 26.0. The van der Waals surface area contributed by atoms with E-state index in [0.717, 1.165) is 36.9 Å². The van der Waals surface area contributed by atoms with Crippen molar-refractivity contribution in [2.75, 3.05) is 0 Å². The van der Waals surface area contributed by atoms with Crippen LogP contribution in [0.4, 0.5) is 0 Å². The van der Waals surface area contributed by atoms with Gasteiger partial charge in [0, 0.05) is 12.1 Å². The Morgan fingerprint density at radius 1 is 1.23 bits per heavy atom. The maximum Gasteiger partial charge on any atom is 0.257 e. The number of hydrogen-bond acceptors (Lipinski definition) is 4. The Morgan fingerprint density at radius 2 is 2.00 bits per heavy atom. The van der Waals surface area contributed by atoms with Crippen molar-refractivity contribution >= 4 is 11.8 Å². The molecule has 6 nitrogen and oxygen atoms in total. The standard InChI is InChI=1S/C20H27N3O3/c1-11-10-12(2)21-20(26-14-4-3-5-14)17(11)19(25)22-15-8-9-16(24)23-18(15)13-6-7-13/h10,13-15,18H,3-9H2,1-2H3,(H,22,25)(H,23,24)/t15-,18+/m1/s1. The third kappa shape index (κ3) is 3.55. The lowest BCUT2D eigenvalue weighted by Gasteiger charge is -2.33. The second kappa shape index (κ2) is 6.89. The van der Waals surface area contributed by atoms with Gasteiger partial charge in [0.25, 0.3) is 5.91 Å². The summed E-state index contributed by atoms with van der Waals surface area (Å²) in [4.78, 5) is 29.3. The van der Waals surface area contributed by atoms with Crippen molar-refractivity contribution in [1.29, 1.82) is 0 Å². The molecule has 2 N–H and O–H groups in total. The highest BCUT2D eigenvalue weighted by Gasteiger charge is 2.41. The van der Waals surface area contributed by atoms with Gasteiger partial charge in [0.15, 0.2) is 0 Å². The summed E-state index contributed by atoms with van der Waals surface area (Å²) >= 11 is 0. The van der Waals surface area contributed by atoms with Crippen molar-refractivity contribution in [3.63, 3.8) is 0 Å². The Labute approximate surface area is 154 Å². The van der Waals surface area contributed by atoms with Crippen LogP contribution in [0.1, 0.15) is 66.6 Å². The van der Waals surface area contributed by atoms with E-state index < -0.39 is 0 Å². The minimum Gasteiger partial charge on any atom is -0.474 e. The van der Waals surface area contributed by atoms with Crippen LogP contribution < -0.4 is 15.4 Å². The monoisotopic (exact) mass is 357 g/mol. The SMILES string of the molecule is Cc1cc(C)c(C(=O)N[C@@H]2CCC(=O)N[C@H]2C2CC2)c(OC2CCC2)n1. The van der Waals surface area contributed by atoms with Crippen molar-refractivity contribution in [2.45, 2.75) is 77.0 Å². The zero-order valence-electron chi connectivity index (χ0n) is 15.5. The van der Waals surface area contributed by atoms with E-state index in [4.69, 9.17) is 4.74 Å². The molecule has 3 fully saturated rings. The zero-order chi connectivity index (χ0) is 18.3. The Kier molecular flexibility index (Phi) is 4.59. The fourth-order valence-corrected chi connectivity index (χ4v) is 3.94. The molecule has 2 saturated carbocycles. The van der Waals surface area contributed by atoms with E-state index >= 15 is 0 Å². The van der Waals surface area contributed by atoms with Gasteiger partial charge in [-0.1, -0.05) is 0 Å². The minimum absolute atomic E-state index is 0.0232. The van der Waals surface area contributed by atoms with E-state index in [1.807, 2.05) is 19.9 Å². The second-order valence-corrected chi connectivity index (χ2v) is 7.98. The number of hydrogen-bond donors (Lipinski definition) is 2. The van der Waals surface area contributed by atoms with Crippen molar-refractivity contribution in [3.8, 4) is 5.88 Å². The Bertz CT molecular complexity index is 725. The highest BCUT2D eigenvalue weighted by atomic mass is 16.5. The molecule has 0 radical (unpaired) electrons. The van der Waals surface area contributed by atoms with E-state index in [9.17, 15) is 9.59 Å². The highest BCUT2D eigenvalue weighted by Crippen LogP contribution is 2.36. The number of amides is 2. The first-order valence-electron chi connectivity index (χ1n) is 9.76. The quantitative estimate of drug-likeness (QED) is 0.848. The molecular formula is C20H27N3O3. The van der Waals surface area contributed by atoms with E-state index in [2.05, 4.69) is 15.6 Å². The Balaban J connectivity index is 1.54. The average Bonchev–Trinajstić information content (AvgIpc) is 3.36. The van der Waals surface area contributed by atoms with Gasteiger partial charge in [0.05, 0.1) is 12.1 Å². The van der Waals surface area contributed by atoms with E-state index in [1.165, 1.54) is 6.42 Å². The average molecular weight is 357 g/mol. The third-order valence-corrected chi connectivity index (χ3v) is 5.76. The zero-order valence-corrected chi connectivity index (χ0v) is 15.5. The van der Waals surface area contributed by atoms with Crippen molar-refractivity contribution in [2.24, 2.45) is 5.92 Å². The number of nitrogens with one attached hydrogen (secondary N) is 2. The maximum atomic E-state index is 13.1. The molecule has 6 heteroatoms. The molecule has 1 aromatic heterocycles. The Hall–Kier alpha value is -2.11. The predicted molar refractivity (Wildman–Crippen MR) is 97.1 cm³/mol. The number of rotatable bonds is 5. The van der Waals surface area contributed by atoms with Gasteiger partial charge in [-0.2, -0.15) is 0 Å². The molecule has 26 heavy (non-hydrogen) atoms. The van der Waals surface area contributed by atoms with E-state index in [0.29, 0.717) is 30.2 Å². The lowest BCUT2D eigenvalue weighted by Crippen LogP contribution is -2.56. The van der Waals surface area contributed by atoms with Gasteiger partial charge >= 0.3 is 0 Å². The second-order valence-electron chi connectivity index (χ2n) is 7.98. The van der Waals surface area contributed by atoms with Crippen LogP contribution in [0, 0.1) is 19.8 Å². The predicted octanol–water partition coefficient (Wildman–Crippen LogP) is 2.42. The topological polar surface area (TPSA) is 80.3 Å². The van der Waals surface area contributed by atoms with Crippen LogP contribution in [0.25, 0.3) is 0 Å². The first-order chi connectivity index (χ1) is 12.5. The van der Waals surface area contributed by atoms with Gasteiger partial charge < -0.3 is 15.4 Å². The van der Waals surface area contributed by atoms with E-state index in [1.54, 1.807) is 0 Å². The van der Waals surface area contributed by atoms with Crippen LogP contribution in [-0.2, 0) is 4.79 Å². The van der Waals surface area contributed by atoms with Crippen LogP contribution in [0.5, 0.6) is 5.88 Å². The van der Waals surface area contributed by atoms with Crippen LogP contribution in [0.2, 0.25) is 0 Å². The molecule has 0 bridgehead atoms. The number of aromatic nitrogens is 1. The summed E-state index contributed by atoms with van der Waals surface area (Å²) in [5.74, 6) is 0.894. The highest BCUT2D eigenvalue weighted by molar-refractivity contribution is 5.98. The molecular weight excluding hydrogens is 330 g/mol. The number of ether oxygens (including phenoxy) is 1. The summed E-state index contributed by atoms with van der Waals surface area (Å²) in [7, 11) is 0. The molecule has 1 aliphatic heterocycles. The van der Waals surface area contributed by atoms with Gasteiger partial charge in [0.1, 0.15) is 11.7 Å². The summed E-state index contributed by atoms with van der Waals surface area (Å²) in [5, 5.41) is 6.24. The van der Waals surface area contributed by atoms with Crippen molar-refractivity contribution < 1.29 is 14.3 Å². The van der Waals surface area contributed by atoms with Gasteiger partial charge in [0.2, 0.25) is 11.8 Å². The fraction of sp³-hybridized carbons (Fsp3) is 0.650. The number of pyridine rings is 1. The van der Waals surface area contributed by atoms with E-state index in [-0.39, 0.29) is 30.0 Å². The number of piperidine rings is 1. The molecule has 2 aliphatic carbocycles. The van der Waals surface area contributed by atoms with Gasteiger partial charge in [-0.15, -0.1) is 0 Å². The maximum absolute atomic E-state index is 13.1. The lowest BCUT2D eigenvalue weighted by atomic mass is 9.93. The van der Waals surface area contributed by atoms with Crippen molar-refractivity contribution in [1.82, 2.24) is 15.6 Å². The number of aryl methyl sites for hydroxylation is 2. The minimum atomic E-state index is -0.142. The molecule has 3 aliphatic rings. The summed E-state index contributed by atoms with van der Waals surface area (Å²) in [6.07, 6.45) is 6.78. The molecule has 2 amide bonds. The van der Waals surface area contributed by atoms with Crippen LogP contribution >= 0.6 is 0 Å². The molecule has 140 valence electrons. The smallest absolute Gasteiger partial charge is 0.257 e. The first-order valence-corrected chi connectivity index (χ1v) is 9.76. The van der Waals surface area contributed by atoms with Crippen LogP contribution in [0.3, 0.4) is 0 Å². The summed E-state index contributed by atoms with van der Waals surface area (Å²) in [6, 6.07) is 1.95. The lowest BCUT2D eigenvalue weighted by molar-refractivity contribution is -0.124.